The van der Waals surface area contributed by atoms with E-state index in [4.69, 9.17) is 0 Å². The second-order valence-corrected chi connectivity index (χ2v) is 5.63. The summed E-state index contributed by atoms with van der Waals surface area (Å²) in [5, 5.41) is 14.4. The first-order chi connectivity index (χ1) is 10.1. The number of aromatic nitrogens is 2. The summed E-state index contributed by atoms with van der Waals surface area (Å²) in [4.78, 5) is 21.9. The van der Waals surface area contributed by atoms with Crippen molar-refractivity contribution in [2.24, 2.45) is 0 Å². The molecule has 0 spiro atoms. The molecule has 0 bridgehead atoms. The van der Waals surface area contributed by atoms with Crippen LogP contribution < -0.4 is 5.32 Å². The summed E-state index contributed by atoms with van der Waals surface area (Å²) in [7, 11) is 1.69. The number of nitrogens with one attached hydrogen (secondary N) is 1. The van der Waals surface area contributed by atoms with E-state index in [1.807, 2.05) is 17.5 Å². The van der Waals surface area contributed by atoms with Crippen LogP contribution in [0.3, 0.4) is 0 Å². The standard InChI is InChI=1S/C14H18N4O2S/c1-10(19)5-7-18(2)14(20)17-13-16-12(9-21-13)11-4-3-6-15-8-11/h3-4,6,8-10,19H,5,7H2,1-2H3,(H,16,17,20). The molecule has 6 nitrogen and oxygen atoms in total. The topological polar surface area (TPSA) is 78.4 Å². The summed E-state index contributed by atoms with van der Waals surface area (Å²) in [6, 6.07) is 3.53. The molecule has 0 aliphatic heterocycles. The van der Waals surface area contributed by atoms with E-state index >= 15 is 0 Å². The van der Waals surface area contributed by atoms with Gasteiger partial charge in [-0.25, -0.2) is 9.78 Å². The van der Waals surface area contributed by atoms with Crippen molar-refractivity contribution in [1.29, 1.82) is 0 Å². The minimum Gasteiger partial charge on any atom is -0.393 e. The van der Waals surface area contributed by atoms with Gasteiger partial charge in [0.2, 0.25) is 0 Å². The lowest BCUT2D eigenvalue weighted by atomic mass is 10.2. The first-order valence-electron chi connectivity index (χ1n) is 6.62. The van der Waals surface area contributed by atoms with Crippen LogP contribution in [-0.4, -0.2) is 45.7 Å². The molecule has 21 heavy (non-hydrogen) atoms. The van der Waals surface area contributed by atoms with Crippen LogP contribution in [0.25, 0.3) is 11.3 Å². The Labute approximate surface area is 127 Å². The molecule has 0 saturated carbocycles. The van der Waals surface area contributed by atoms with Gasteiger partial charge < -0.3 is 10.0 Å². The van der Waals surface area contributed by atoms with E-state index in [-0.39, 0.29) is 6.03 Å². The Kier molecular flexibility index (Phi) is 5.24. The minimum absolute atomic E-state index is 0.234. The van der Waals surface area contributed by atoms with Gasteiger partial charge in [-0.1, -0.05) is 0 Å². The molecule has 2 heterocycles. The predicted octanol–water partition coefficient (Wildman–Crippen LogP) is 2.44. The van der Waals surface area contributed by atoms with Crippen LogP contribution >= 0.6 is 11.3 Å². The van der Waals surface area contributed by atoms with E-state index in [0.29, 0.717) is 18.1 Å². The molecular formula is C14H18N4O2S. The highest BCUT2D eigenvalue weighted by Gasteiger charge is 2.12. The number of aliphatic hydroxyl groups is 1. The van der Waals surface area contributed by atoms with E-state index in [0.717, 1.165) is 11.3 Å². The van der Waals surface area contributed by atoms with Gasteiger partial charge in [-0.05, 0) is 25.5 Å². The summed E-state index contributed by atoms with van der Waals surface area (Å²) in [5.41, 5.74) is 1.70. The monoisotopic (exact) mass is 306 g/mol. The highest BCUT2D eigenvalue weighted by atomic mass is 32.1. The van der Waals surface area contributed by atoms with Crippen molar-refractivity contribution in [1.82, 2.24) is 14.9 Å². The summed E-state index contributed by atoms with van der Waals surface area (Å²) in [6.45, 7) is 2.19. The van der Waals surface area contributed by atoms with Crippen LogP contribution in [0, 0.1) is 0 Å². The van der Waals surface area contributed by atoms with E-state index in [1.165, 1.54) is 16.2 Å². The van der Waals surface area contributed by atoms with Crippen molar-refractivity contribution in [2.75, 3.05) is 18.9 Å². The highest BCUT2D eigenvalue weighted by Crippen LogP contribution is 2.24. The zero-order valence-corrected chi connectivity index (χ0v) is 12.8. The maximum absolute atomic E-state index is 12.0. The Morgan fingerprint density at radius 1 is 1.57 bits per heavy atom. The first-order valence-corrected chi connectivity index (χ1v) is 7.50. The SMILES string of the molecule is CC(O)CCN(C)C(=O)Nc1nc(-c2cccnc2)cs1. The second kappa shape index (κ2) is 7.14. The fourth-order valence-corrected chi connectivity index (χ4v) is 2.36. The number of anilines is 1. The van der Waals surface area contributed by atoms with Gasteiger partial charge in [0.15, 0.2) is 5.13 Å². The van der Waals surface area contributed by atoms with E-state index in [1.54, 1.807) is 26.4 Å². The largest absolute Gasteiger partial charge is 0.393 e. The molecule has 0 radical (unpaired) electrons. The van der Waals surface area contributed by atoms with Crippen molar-refractivity contribution >= 4 is 22.5 Å². The van der Waals surface area contributed by atoms with Crippen molar-refractivity contribution < 1.29 is 9.90 Å². The molecule has 2 N–H and O–H groups in total. The molecule has 0 saturated heterocycles. The molecule has 2 rings (SSSR count). The summed E-state index contributed by atoms with van der Waals surface area (Å²) < 4.78 is 0. The second-order valence-electron chi connectivity index (χ2n) is 4.77. The third-order valence-electron chi connectivity index (χ3n) is 2.90. The van der Waals surface area contributed by atoms with Crippen molar-refractivity contribution in [3.05, 3.63) is 29.9 Å². The van der Waals surface area contributed by atoms with Crippen LogP contribution in [0.5, 0.6) is 0 Å². The quantitative estimate of drug-likeness (QED) is 0.889. The summed E-state index contributed by atoms with van der Waals surface area (Å²) in [5.74, 6) is 0. The maximum Gasteiger partial charge on any atom is 0.323 e. The number of thiazole rings is 1. The average molecular weight is 306 g/mol. The molecule has 2 amide bonds. The Morgan fingerprint density at radius 3 is 3.05 bits per heavy atom. The normalized spacial score (nSPS) is 12.0. The Hall–Kier alpha value is -1.99. The van der Waals surface area contributed by atoms with Crippen LogP contribution in [0.4, 0.5) is 9.93 Å². The number of aliphatic hydroxyl groups excluding tert-OH is 1. The van der Waals surface area contributed by atoms with Crippen LogP contribution in [-0.2, 0) is 0 Å². The molecule has 2 aromatic heterocycles. The average Bonchev–Trinajstić information content (AvgIpc) is 2.94. The fourth-order valence-electron chi connectivity index (χ4n) is 1.65. The van der Waals surface area contributed by atoms with Gasteiger partial charge in [0, 0.05) is 36.9 Å². The summed E-state index contributed by atoms with van der Waals surface area (Å²) >= 11 is 1.37. The van der Waals surface area contributed by atoms with Gasteiger partial charge in [-0.3, -0.25) is 10.3 Å². The van der Waals surface area contributed by atoms with Gasteiger partial charge in [0.05, 0.1) is 11.8 Å². The number of hydrogen-bond acceptors (Lipinski definition) is 5. The molecule has 112 valence electrons. The Balaban J connectivity index is 1.95. The van der Waals surface area contributed by atoms with Crippen LogP contribution in [0.2, 0.25) is 0 Å². The third-order valence-corrected chi connectivity index (χ3v) is 3.66. The summed E-state index contributed by atoms with van der Waals surface area (Å²) in [6.07, 6.45) is 3.56. The number of urea groups is 1. The molecule has 0 aliphatic carbocycles. The van der Waals surface area contributed by atoms with E-state index < -0.39 is 6.10 Å². The molecule has 0 aliphatic rings. The predicted molar refractivity (Wildman–Crippen MR) is 83.3 cm³/mol. The molecule has 2 aromatic rings. The van der Waals surface area contributed by atoms with Crippen molar-refractivity contribution in [3.8, 4) is 11.3 Å². The molecule has 1 unspecified atom stereocenters. The van der Waals surface area contributed by atoms with Crippen molar-refractivity contribution in [2.45, 2.75) is 19.4 Å². The molecule has 0 aromatic carbocycles. The van der Waals surface area contributed by atoms with Gasteiger partial charge in [-0.15, -0.1) is 11.3 Å². The fraction of sp³-hybridized carbons (Fsp3) is 0.357. The van der Waals surface area contributed by atoms with E-state index in [9.17, 15) is 9.90 Å². The minimum atomic E-state index is -0.419. The van der Waals surface area contributed by atoms with Crippen LogP contribution in [0.15, 0.2) is 29.9 Å². The number of rotatable bonds is 5. The van der Waals surface area contributed by atoms with E-state index in [2.05, 4.69) is 15.3 Å². The zero-order valence-electron chi connectivity index (χ0n) is 12.0. The maximum atomic E-state index is 12.0. The molecular weight excluding hydrogens is 288 g/mol. The number of hydrogen-bond donors (Lipinski definition) is 2. The van der Waals surface area contributed by atoms with Crippen molar-refractivity contribution in [3.63, 3.8) is 0 Å². The lowest BCUT2D eigenvalue weighted by Gasteiger charge is -2.17. The Bertz CT molecular complexity index is 586. The lowest BCUT2D eigenvalue weighted by Crippen LogP contribution is -2.33. The lowest BCUT2D eigenvalue weighted by molar-refractivity contribution is 0.167. The smallest absolute Gasteiger partial charge is 0.323 e. The zero-order chi connectivity index (χ0) is 15.2. The number of amides is 2. The van der Waals surface area contributed by atoms with Gasteiger partial charge in [-0.2, -0.15) is 0 Å². The molecule has 1 atom stereocenters. The third kappa shape index (κ3) is 4.51. The number of carbonyl (C=O) groups is 1. The molecule has 7 heteroatoms. The first kappa shape index (κ1) is 15.4. The number of nitrogens with zero attached hydrogens (tertiary/aromatic N) is 3. The van der Waals surface area contributed by atoms with Gasteiger partial charge in [0.25, 0.3) is 0 Å². The van der Waals surface area contributed by atoms with Crippen LogP contribution in [0.1, 0.15) is 13.3 Å². The molecule has 0 fully saturated rings. The van der Waals surface area contributed by atoms with Gasteiger partial charge in [0.1, 0.15) is 0 Å². The highest BCUT2D eigenvalue weighted by molar-refractivity contribution is 7.14. The Morgan fingerprint density at radius 2 is 2.38 bits per heavy atom. The van der Waals surface area contributed by atoms with Gasteiger partial charge >= 0.3 is 6.03 Å². The number of carbonyl (C=O) groups excluding carboxylic acids is 1. The number of pyridine rings is 1.